The molecule has 1 aromatic carbocycles. The molecular formula is C23H35N3O4. The van der Waals surface area contributed by atoms with Crippen molar-refractivity contribution < 1.29 is 19.1 Å². The third-order valence-corrected chi connectivity index (χ3v) is 6.07. The van der Waals surface area contributed by atoms with Crippen LogP contribution in [-0.2, 0) is 9.59 Å². The maximum Gasteiger partial charge on any atom is 0.227 e. The first-order valence-electron chi connectivity index (χ1n) is 10.9. The molecule has 166 valence electrons. The molecule has 2 amide bonds. The minimum absolute atomic E-state index is 0.0355. The number of carbonyl (C=O) groups excluding carboxylic acids is 2. The Hall–Kier alpha value is -2.28. The first-order chi connectivity index (χ1) is 14.4. The normalized spacial score (nSPS) is 24.7. The van der Waals surface area contributed by atoms with Gasteiger partial charge in [-0.15, -0.1) is 0 Å². The number of hydrogen-bond acceptors (Lipinski definition) is 5. The van der Waals surface area contributed by atoms with Crippen LogP contribution in [0.1, 0.15) is 33.1 Å². The summed E-state index contributed by atoms with van der Waals surface area (Å²) in [4.78, 5) is 29.3. The lowest BCUT2D eigenvalue weighted by Gasteiger charge is -2.34. The summed E-state index contributed by atoms with van der Waals surface area (Å²) in [5.41, 5.74) is 0.723. The lowest BCUT2D eigenvalue weighted by molar-refractivity contribution is -0.126. The minimum Gasteiger partial charge on any atom is -0.493 e. The number of nitrogens with zero attached hydrogens (tertiary/aromatic N) is 2. The van der Waals surface area contributed by atoms with Gasteiger partial charge in [0.05, 0.1) is 20.1 Å². The fourth-order valence-corrected chi connectivity index (χ4v) is 4.76. The van der Waals surface area contributed by atoms with Crippen LogP contribution < -0.4 is 19.7 Å². The average Bonchev–Trinajstić information content (AvgIpc) is 3.11. The standard InChI is InChI=1S/C23H35N3O4/c1-16-10-17(2)14-25(13-16)9-5-8-24-23(28)18-11-22(27)26(15-18)19-6-7-20(29-3)21(12-19)30-4/h6-7,12,16-18H,5,8-11,13-15H2,1-4H3,(H,24,28). The van der Waals surface area contributed by atoms with Gasteiger partial charge in [-0.25, -0.2) is 0 Å². The summed E-state index contributed by atoms with van der Waals surface area (Å²) < 4.78 is 10.6. The van der Waals surface area contributed by atoms with E-state index in [1.165, 1.54) is 6.42 Å². The van der Waals surface area contributed by atoms with Gasteiger partial charge in [0.1, 0.15) is 0 Å². The van der Waals surface area contributed by atoms with E-state index in [1.54, 1.807) is 31.3 Å². The predicted molar refractivity (Wildman–Crippen MR) is 117 cm³/mol. The molecule has 2 aliphatic rings. The van der Waals surface area contributed by atoms with Crippen LogP contribution in [0.2, 0.25) is 0 Å². The van der Waals surface area contributed by atoms with Gasteiger partial charge in [0.25, 0.3) is 0 Å². The molecule has 2 aliphatic heterocycles. The van der Waals surface area contributed by atoms with Crippen molar-refractivity contribution in [1.82, 2.24) is 10.2 Å². The second kappa shape index (κ2) is 10.2. The molecule has 1 N–H and O–H groups in total. The third kappa shape index (κ3) is 5.45. The molecule has 3 rings (SSSR count). The lowest BCUT2D eigenvalue weighted by Crippen LogP contribution is -2.40. The zero-order chi connectivity index (χ0) is 21.7. The summed E-state index contributed by atoms with van der Waals surface area (Å²) in [6.45, 7) is 8.97. The SMILES string of the molecule is COc1ccc(N2CC(C(=O)NCCCN3CC(C)CC(C)C3)CC2=O)cc1OC. The maximum atomic E-state index is 12.6. The molecule has 0 aromatic heterocycles. The fourth-order valence-electron chi connectivity index (χ4n) is 4.76. The van der Waals surface area contributed by atoms with Gasteiger partial charge in [0, 0.05) is 44.4 Å². The Kier molecular flexibility index (Phi) is 7.58. The van der Waals surface area contributed by atoms with Gasteiger partial charge in [-0.1, -0.05) is 13.8 Å². The van der Waals surface area contributed by atoms with E-state index in [1.807, 2.05) is 6.07 Å². The number of rotatable bonds is 8. The first-order valence-corrected chi connectivity index (χ1v) is 10.9. The molecule has 2 fully saturated rings. The highest BCUT2D eigenvalue weighted by Crippen LogP contribution is 2.34. The molecule has 0 bridgehead atoms. The molecule has 7 nitrogen and oxygen atoms in total. The van der Waals surface area contributed by atoms with Crippen molar-refractivity contribution in [2.24, 2.45) is 17.8 Å². The summed E-state index contributed by atoms with van der Waals surface area (Å²) in [5.74, 6) is 2.27. The van der Waals surface area contributed by atoms with Gasteiger partial charge in [0.2, 0.25) is 11.8 Å². The largest absolute Gasteiger partial charge is 0.493 e. The Labute approximate surface area is 179 Å². The number of hydrogen-bond donors (Lipinski definition) is 1. The van der Waals surface area contributed by atoms with E-state index in [0.717, 1.165) is 43.6 Å². The molecule has 3 unspecified atom stereocenters. The van der Waals surface area contributed by atoms with Crippen molar-refractivity contribution in [3.8, 4) is 11.5 Å². The second-order valence-corrected chi connectivity index (χ2v) is 8.79. The zero-order valence-electron chi connectivity index (χ0n) is 18.6. The van der Waals surface area contributed by atoms with Crippen LogP contribution in [0.15, 0.2) is 18.2 Å². The van der Waals surface area contributed by atoms with Gasteiger partial charge in [-0.2, -0.15) is 0 Å². The van der Waals surface area contributed by atoms with Crippen molar-refractivity contribution in [3.05, 3.63) is 18.2 Å². The molecule has 0 radical (unpaired) electrons. The Bertz CT molecular complexity index is 744. The van der Waals surface area contributed by atoms with Gasteiger partial charge >= 0.3 is 0 Å². The molecule has 30 heavy (non-hydrogen) atoms. The number of amides is 2. The Morgan fingerprint density at radius 1 is 1.10 bits per heavy atom. The fraction of sp³-hybridized carbons (Fsp3) is 0.652. The van der Waals surface area contributed by atoms with E-state index in [0.29, 0.717) is 24.6 Å². The molecule has 0 spiro atoms. The molecule has 0 aliphatic carbocycles. The second-order valence-electron chi connectivity index (χ2n) is 8.79. The number of ether oxygens (including phenoxy) is 2. The monoisotopic (exact) mass is 417 g/mol. The van der Waals surface area contributed by atoms with Crippen molar-refractivity contribution in [1.29, 1.82) is 0 Å². The predicted octanol–water partition coefficient (Wildman–Crippen LogP) is 2.54. The smallest absolute Gasteiger partial charge is 0.227 e. The summed E-state index contributed by atoms with van der Waals surface area (Å²) in [6.07, 6.45) is 2.48. The summed E-state index contributed by atoms with van der Waals surface area (Å²) in [7, 11) is 3.14. The van der Waals surface area contributed by atoms with Crippen molar-refractivity contribution >= 4 is 17.5 Å². The molecule has 2 saturated heterocycles. The number of benzene rings is 1. The number of piperidine rings is 1. The van der Waals surface area contributed by atoms with E-state index < -0.39 is 0 Å². The summed E-state index contributed by atoms with van der Waals surface area (Å²) in [5, 5.41) is 3.03. The Morgan fingerprint density at radius 2 is 1.80 bits per heavy atom. The van der Waals surface area contributed by atoms with Crippen LogP contribution in [0.4, 0.5) is 5.69 Å². The first kappa shape index (κ1) is 22.4. The number of likely N-dealkylation sites (tertiary alicyclic amines) is 1. The highest BCUT2D eigenvalue weighted by Gasteiger charge is 2.35. The van der Waals surface area contributed by atoms with Crippen LogP contribution in [0.5, 0.6) is 11.5 Å². The maximum absolute atomic E-state index is 12.6. The zero-order valence-corrected chi connectivity index (χ0v) is 18.6. The Morgan fingerprint density at radius 3 is 2.47 bits per heavy atom. The van der Waals surface area contributed by atoms with E-state index >= 15 is 0 Å². The molecule has 3 atom stereocenters. The molecule has 7 heteroatoms. The highest BCUT2D eigenvalue weighted by molar-refractivity contribution is 6.00. The van der Waals surface area contributed by atoms with Crippen LogP contribution in [-0.4, -0.2) is 63.7 Å². The van der Waals surface area contributed by atoms with E-state index in [-0.39, 0.29) is 24.2 Å². The third-order valence-electron chi connectivity index (χ3n) is 6.07. The number of carbonyl (C=O) groups is 2. The van der Waals surface area contributed by atoms with Crippen molar-refractivity contribution in [2.75, 3.05) is 51.8 Å². The van der Waals surface area contributed by atoms with Gasteiger partial charge in [-0.05, 0) is 43.4 Å². The van der Waals surface area contributed by atoms with Gasteiger partial charge in [0.15, 0.2) is 11.5 Å². The van der Waals surface area contributed by atoms with Crippen LogP contribution >= 0.6 is 0 Å². The van der Waals surface area contributed by atoms with Crippen molar-refractivity contribution in [2.45, 2.75) is 33.1 Å². The average molecular weight is 418 g/mol. The molecular weight excluding hydrogens is 382 g/mol. The molecule has 2 heterocycles. The van der Waals surface area contributed by atoms with E-state index in [9.17, 15) is 9.59 Å². The number of nitrogens with one attached hydrogen (secondary N) is 1. The number of anilines is 1. The molecule has 1 aromatic rings. The van der Waals surface area contributed by atoms with Crippen LogP contribution in [0.3, 0.4) is 0 Å². The van der Waals surface area contributed by atoms with Gasteiger partial charge in [-0.3, -0.25) is 9.59 Å². The highest BCUT2D eigenvalue weighted by atomic mass is 16.5. The summed E-state index contributed by atoms with van der Waals surface area (Å²) in [6, 6.07) is 5.37. The summed E-state index contributed by atoms with van der Waals surface area (Å²) >= 11 is 0. The van der Waals surface area contributed by atoms with Crippen LogP contribution in [0, 0.1) is 17.8 Å². The molecule has 0 saturated carbocycles. The number of methoxy groups -OCH3 is 2. The van der Waals surface area contributed by atoms with Crippen LogP contribution in [0.25, 0.3) is 0 Å². The lowest BCUT2D eigenvalue weighted by atomic mass is 9.92. The van der Waals surface area contributed by atoms with Gasteiger partial charge < -0.3 is 24.6 Å². The minimum atomic E-state index is -0.319. The quantitative estimate of drug-likeness (QED) is 0.658. The van der Waals surface area contributed by atoms with Crippen molar-refractivity contribution in [3.63, 3.8) is 0 Å². The Balaban J connectivity index is 1.47. The van der Waals surface area contributed by atoms with E-state index in [2.05, 4.69) is 24.1 Å². The topological polar surface area (TPSA) is 71.1 Å². The van der Waals surface area contributed by atoms with E-state index in [4.69, 9.17) is 9.47 Å².